The minimum absolute atomic E-state index is 0.0587. The summed E-state index contributed by atoms with van der Waals surface area (Å²) in [4.78, 5) is 11.6. The van der Waals surface area contributed by atoms with Crippen molar-refractivity contribution < 1.29 is 4.79 Å². The van der Waals surface area contributed by atoms with E-state index in [-0.39, 0.29) is 11.9 Å². The van der Waals surface area contributed by atoms with E-state index in [2.05, 4.69) is 48.7 Å². The van der Waals surface area contributed by atoms with E-state index in [1.54, 1.807) is 7.05 Å². The molecule has 2 aromatic rings. The monoisotopic (exact) mass is 282 g/mol. The number of hydrogen-bond acceptors (Lipinski definition) is 2. The molecule has 1 amide bonds. The number of carbonyl (C=O) groups excluding carboxylic acids is 1. The molecule has 1 unspecified atom stereocenters. The van der Waals surface area contributed by atoms with E-state index in [1.807, 2.05) is 25.1 Å². The first-order valence-corrected chi connectivity index (χ1v) is 7.17. The molecular formula is C18H22N2O. The quantitative estimate of drug-likeness (QED) is 0.894. The Bertz CT molecular complexity index is 649. The molecule has 21 heavy (non-hydrogen) atoms. The van der Waals surface area contributed by atoms with Gasteiger partial charge in [-0.25, -0.2) is 0 Å². The highest BCUT2D eigenvalue weighted by atomic mass is 16.1. The van der Waals surface area contributed by atoms with Gasteiger partial charge in [-0.1, -0.05) is 24.3 Å². The van der Waals surface area contributed by atoms with Crippen molar-refractivity contribution in [2.75, 3.05) is 12.4 Å². The van der Waals surface area contributed by atoms with E-state index in [4.69, 9.17) is 0 Å². The van der Waals surface area contributed by atoms with Crippen molar-refractivity contribution in [2.45, 2.75) is 26.8 Å². The zero-order valence-electron chi connectivity index (χ0n) is 13.0. The van der Waals surface area contributed by atoms with Gasteiger partial charge in [-0.3, -0.25) is 4.79 Å². The third kappa shape index (κ3) is 3.43. The number of aryl methyl sites for hydroxylation is 2. The van der Waals surface area contributed by atoms with Crippen molar-refractivity contribution in [3.8, 4) is 0 Å². The Morgan fingerprint density at radius 3 is 2.38 bits per heavy atom. The topological polar surface area (TPSA) is 41.1 Å². The van der Waals surface area contributed by atoms with Crippen LogP contribution in [0.3, 0.4) is 0 Å². The molecule has 0 heterocycles. The van der Waals surface area contributed by atoms with Crippen LogP contribution in [-0.2, 0) is 0 Å². The van der Waals surface area contributed by atoms with Gasteiger partial charge in [0.2, 0.25) is 0 Å². The van der Waals surface area contributed by atoms with E-state index < -0.39 is 0 Å². The number of rotatable bonds is 4. The van der Waals surface area contributed by atoms with Crippen LogP contribution in [0.1, 0.15) is 40.0 Å². The number of benzene rings is 2. The molecule has 2 N–H and O–H groups in total. The second-order valence-corrected chi connectivity index (χ2v) is 5.33. The summed E-state index contributed by atoms with van der Waals surface area (Å²) in [5.41, 5.74) is 5.36. The Morgan fingerprint density at radius 1 is 1.05 bits per heavy atom. The molecule has 3 nitrogen and oxygen atoms in total. The lowest BCUT2D eigenvalue weighted by Gasteiger charge is -2.19. The highest BCUT2D eigenvalue weighted by Gasteiger charge is 2.10. The minimum atomic E-state index is -0.0587. The number of carbonyl (C=O) groups is 1. The lowest BCUT2D eigenvalue weighted by Crippen LogP contribution is -2.18. The summed E-state index contributed by atoms with van der Waals surface area (Å²) in [6.07, 6.45) is 0. The molecule has 2 aromatic carbocycles. The smallest absolute Gasteiger partial charge is 0.251 e. The Hall–Kier alpha value is -2.29. The van der Waals surface area contributed by atoms with Gasteiger partial charge in [0.1, 0.15) is 0 Å². The molecule has 0 saturated carbocycles. The predicted molar refractivity (Wildman–Crippen MR) is 87.8 cm³/mol. The summed E-state index contributed by atoms with van der Waals surface area (Å²) in [6, 6.07) is 14.3. The number of nitrogens with one attached hydrogen (secondary N) is 2. The van der Waals surface area contributed by atoms with Gasteiger partial charge in [0.15, 0.2) is 0 Å². The van der Waals surface area contributed by atoms with Crippen LogP contribution in [0, 0.1) is 13.8 Å². The number of anilines is 1. The van der Waals surface area contributed by atoms with E-state index in [0.29, 0.717) is 5.56 Å². The molecule has 0 aromatic heterocycles. The van der Waals surface area contributed by atoms with E-state index in [9.17, 15) is 4.79 Å². The van der Waals surface area contributed by atoms with Gasteiger partial charge in [0, 0.05) is 24.3 Å². The first kappa shape index (κ1) is 15.1. The molecule has 0 fully saturated rings. The van der Waals surface area contributed by atoms with Crippen molar-refractivity contribution in [3.63, 3.8) is 0 Å². The summed E-state index contributed by atoms with van der Waals surface area (Å²) in [5.74, 6) is -0.0587. The van der Waals surface area contributed by atoms with Crippen LogP contribution in [0.15, 0.2) is 42.5 Å². The fourth-order valence-corrected chi connectivity index (χ4v) is 2.49. The van der Waals surface area contributed by atoms with Gasteiger partial charge in [-0.15, -0.1) is 0 Å². The molecule has 110 valence electrons. The largest absolute Gasteiger partial charge is 0.378 e. The molecule has 0 bridgehead atoms. The summed E-state index contributed by atoms with van der Waals surface area (Å²) >= 11 is 0. The van der Waals surface area contributed by atoms with E-state index >= 15 is 0 Å². The summed E-state index contributed by atoms with van der Waals surface area (Å²) in [7, 11) is 1.64. The molecule has 0 spiro atoms. The van der Waals surface area contributed by atoms with Gasteiger partial charge in [-0.2, -0.15) is 0 Å². The maximum Gasteiger partial charge on any atom is 0.251 e. The lowest BCUT2D eigenvalue weighted by atomic mass is 10.0. The van der Waals surface area contributed by atoms with Crippen LogP contribution in [0.4, 0.5) is 5.69 Å². The summed E-state index contributed by atoms with van der Waals surface area (Å²) in [5, 5.41) is 6.16. The number of amides is 1. The molecule has 0 aliphatic rings. The maximum absolute atomic E-state index is 11.6. The second-order valence-electron chi connectivity index (χ2n) is 5.33. The lowest BCUT2D eigenvalue weighted by molar-refractivity contribution is 0.0963. The fraction of sp³-hybridized carbons (Fsp3) is 0.278. The Morgan fingerprint density at radius 2 is 1.76 bits per heavy atom. The standard InChI is InChI=1S/C18H22N2O/c1-12-7-5-6-8-16(12)14(3)20-17-10-9-15(11-13(17)2)18(21)19-4/h5-11,14,20H,1-4H3,(H,19,21). The van der Waals surface area contributed by atoms with Crippen LogP contribution >= 0.6 is 0 Å². The van der Waals surface area contributed by atoms with Gasteiger partial charge in [0.25, 0.3) is 5.91 Å². The highest BCUT2D eigenvalue weighted by molar-refractivity contribution is 5.94. The van der Waals surface area contributed by atoms with Crippen LogP contribution in [0.2, 0.25) is 0 Å². The fourth-order valence-electron chi connectivity index (χ4n) is 2.49. The van der Waals surface area contributed by atoms with Crippen molar-refractivity contribution in [2.24, 2.45) is 0 Å². The molecule has 0 radical (unpaired) electrons. The normalized spacial score (nSPS) is 11.8. The first-order chi connectivity index (χ1) is 10.0. The van der Waals surface area contributed by atoms with Gasteiger partial charge >= 0.3 is 0 Å². The van der Waals surface area contributed by atoms with E-state index in [1.165, 1.54) is 11.1 Å². The van der Waals surface area contributed by atoms with Crippen molar-refractivity contribution in [3.05, 3.63) is 64.7 Å². The molecule has 2 rings (SSSR count). The van der Waals surface area contributed by atoms with Crippen molar-refractivity contribution in [1.82, 2.24) is 5.32 Å². The van der Waals surface area contributed by atoms with Crippen LogP contribution in [0.25, 0.3) is 0 Å². The van der Waals surface area contributed by atoms with Gasteiger partial charge < -0.3 is 10.6 Å². The van der Waals surface area contributed by atoms with E-state index in [0.717, 1.165) is 11.3 Å². The summed E-state index contributed by atoms with van der Waals surface area (Å²) < 4.78 is 0. The highest BCUT2D eigenvalue weighted by Crippen LogP contribution is 2.24. The molecular weight excluding hydrogens is 260 g/mol. The summed E-state index contributed by atoms with van der Waals surface area (Å²) in [6.45, 7) is 6.28. The van der Waals surface area contributed by atoms with Crippen LogP contribution in [0.5, 0.6) is 0 Å². The Balaban J connectivity index is 2.20. The average molecular weight is 282 g/mol. The average Bonchev–Trinajstić information content (AvgIpc) is 2.48. The zero-order chi connectivity index (χ0) is 15.4. The molecule has 1 atom stereocenters. The zero-order valence-corrected chi connectivity index (χ0v) is 13.0. The minimum Gasteiger partial charge on any atom is -0.378 e. The third-order valence-corrected chi connectivity index (χ3v) is 3.74. The molecule has 0 aliphatic carbocycles. The van der Waals surface area contributed by atoms with Crippen molar-refractivity contribution >= 4 is 11.6 Å². The second kappa shape index (κ2) is 6.44. The van der Waals surface area contributed by atoms with Crippen LogP contribution in [-0.4, -0.2) is 13.0 Å². The molecule has 0 saturated heterocycles. The SMILES string of the molecule is CNC(=O)c1ccc(NC(C)c2ccccc2C)c(C)c1. The molecule has 3 heteroatoms. The Kier molecular flexibility index (Phi) is 4.63. The third-order valence-electron chi connectivity index (χ3n) is 3.74. The van der Waals surface area contributed by atoms with Gasteiger partial charge in [0.05, 0.1) is 0 Å². The first-order valence-electron chi connectivity index (χ1n) is 7.17. The van der Waals surface area contributed by atoms with Crippen molar-refractivity contribution in [1.29, 1.82) is 0 Å². The maximum atomic E-state index is 11.6. The Labute approximate surface area is 126 Å². The van der Waals surface area contributed by atoms with Gasteiger partial charge in [-0.05, 0) is 55.7 Å². The van der Waals surface area contributed by atoms with Crippen LogP contribution < -0.4 is 10.6 Å². The molecule has 0 aliphatic heterocycles. The number of hydrogen-bond donors (Lipinski definition) is 2. The predicted octanol–water partition coefficient (Wildman–Crippen LogP) is 3.84.